The van der Waals surface area contributed by atoms with Crippen LogP contribution in [-0.2, 0) is 0 Å². The molecule has 6 heteroatoms. The zero-order valence-electron chi connectivity index (χ0n) is 9.99. The molecule has 19 heavy (non-hydrogen) atoms. The highest BCUT2D eigenvalue weighted by Gasteiger charge is 2.10. The zero-order valence-corrected chi connectivity index (χ0v) is 10.7. The maximum absolute atomic E-state index is 11.3. The van der Waals surface area contributed by atoms with Crippen LogP contribution in [0.4, 0.5) is 0 Å². The molecule has 3 N–H and O–H groups in total. The average Bonchev–Trinajstić information content (AvgIpc) is 2.68. The summed E-state index contributed by atoms with van der Waals surface area (Å²) < 4.78 is 0. The van der Waals surface area contributed by atoms with E-state index in [-0.39, 0.29) is 11.3 Å². The number of hydrogen-bond donors (Lipinski definition) is 3. The molecule has 0 atom stereocenters. The molecule has 0 aliphatic carbocycles. The standard InChI is InChI=1S/C13H10ClN3O2/c1-6-15-12(13(14)16-6)7-2-3-9-8(4-7)10(18)5-11(19)17-9/h2-5H,1H3,(H,15,16)(H2,17,18,19). The van der Waals surface area contributed by atoms with Crippen molar-refractivity contribution >= 4 is 22.5 Å². The van der Waals surface area contributed by atoms with Crippen molar-refractivity contribution in [3.63, 3.8) is 0 Å². The number of aryl methyl sites for hydroxylation is 1. The van der Waals surface area contributed by atoms with Gasteiger partial charge in [-0.3, -0.25) is 4.79 Å². The quantitative estimate of drug-likeness (QED) is 0.638. The summed E-state index contributed by atoms with van der Waals surface area (Å²) in [6.07, 6.45) is 0. The minimum atomic E-state index is -0.340. The maximum atomic E-state index is 11.3. The van der Waals surface area contributed by atoms with Gasteiger partial charge in [0.05, 0.1) is 11.2 Å². The SMILES string of the molecule is Cc1nc(Cl)c(-c2ccc3[nH]c(=O)cc(O)c3c2)[nH]1. The Hall–Kier alpha value is -2.27. The molecular formula is C13H10ClN3O2. The van der Waals surface area contributed by atoms with Crippen LogP contribution >= 0.6 is 11.6 Å². The summed E-state index contributed by atoms with van der Waals surface area (Å²) in [5, 5.41) is 10.8. The van der Waals surface area contributed by atoms with E-state index in [1.807, 2.05) is 6.92 Å². The molecule has 0 saturated heterocycles. The van der Waals surface area contributed by atoms with E-state index in [0.29, 0.717) is 27.6 Å². The van der Waals surface area contributed by atoms with Gasteiger partial charge in [0.2, 0.25) is 0 Å². The largest absolute Gasteiger partial charge is 0.507 e. The second kappa shape index (κ2) is 4.13. The van der Waals surface area contributed by atoms with Gasteiger partial charge in [0, 0.05) is 17.0 Å². The van der Waals surface area contributed by atoms with Gasteiger partial charge in [-0.25, -0.2) is 4.98 Å². The summed E-state index contributed by atoms with van der Waals surface area (Å²) in [6.45, 7) is 1.81. The van der Waals surface area contributed by atoms with Crippen LogP contribution in [0.3, 0.4) is 0 Å². The van der Waals surface area contributed by atoms with Crippen LogP contribution in [0.2, 0.25) is 5.15 Å². The lowest BCUT2D eigenvalue weighted by Crippen LogP contribution is -2.02. The molecule has 0 unspecified atom stereocenters. The molecule has 3 aromatic rings. The lowest BCUT2D eigenvalue weighted by Gasteiger charge is -2.04. The fraction of sp³-hybridized carbons (Fsp3) is 0.0769. The molecule has 0 radical (unpaired) electrons. The number of benzene rings is 1. The van der Waals surface area contributed by atoms with Gasteiger partial charge in [-0.1, -0.05) is 17.7 Å². The predicted molar refractivity (Wildman–Crippen MR) is 73.6 cm³/mol. The van der Waals surface area contributed by atoms with E-state index in [0.717, 1.165) is 11.6 Å². The predicted octanol–water partition coefficient (Wildman–Crippen LogP) is 2.59. The van der Waals surface area contributed by atoms with Crippen LogP contribution in [0.5, 0.6) is 5.75 Å². The maximum Gasteiger partial charge on any atom is 0.252 e. The van der Waals surface area contributed by atoms with Crippen molar-refractivity contribution in [3.8, 4) is 17.0 Å². The first-order valence-electron chi connectivity index (χ1n) is 5.63. The van der Waals surface area contributed by atoms with Gasteiger partial charge in [0.15, 0.2) is 5.15 Å². The molecule has 0 spiro atoms. The highest BCUT2D eigenvalue weighted by Crippen LogP contribution is 2.30. The van der Waals surface area contributed by atoms with Crippen LogP contribution in [0, 0.1) is 6.92 Å². The molecule has 96 valence electrons. The number of aromatic amines is 2. The Bertz CT molecular complexity index is 836. The lowest BCUT2D eigenvalue weighted by atomic mass is 10.1. The Morgan fingerprint density at radius 1 is 1.26 bits per heavy atom. The first-order valence-corrected chi connectivity index (χ1v) is 6.01. The van der Waals surface area contributed by atoms with Gasteiger partial charge in [-0.05, 0) is 19.1 Å². The highest BCUT2D eigenvalue weighted by molar-refractivity contribution is 6.32. The molecule has 0 bridgehead atoms. The smallest absolute Gasteiger partial charge is 0.252 e. The minimum Gasteiger partial charge on any atom is -0.507 e. The molecule has 0 aliphatic rings. The number of fused-ring (bicyclic) bond motifs is 1. The Labute approximate surface area is 112 Å². The van der Waals surface area contributed by atoms with Crippen molar-refractivity contribution < 1.29 is 5.11 Å². The molecular weight excluding hydrogens is 266 g/mol. The normalized spacial score (nSPS) is 11.1. The molecule has 0 saturated carbocycles. The van der Waals surface area contributed by atoms with Crippen molar-refractivity contribution in [1.82, 2.24) is 15.0 Å². The molecule has 2 heterocycles. The third-order valence-electron chi connectivity index (χ3n) is 2.89. The summed E-state index contributed by atoms with van der Waals surface area (Å²) in [6, 6.07) is 6.42. The number of halogens is 1. The van der Waals surface area contributed by atoms with E-state index in [1.165, 1.54) is 0 Å². The summed E-state index contributed by atoms with van der Waals surface area (Å²) in [5.74, 6) is 0.652. The molecule has 0 amide bonds. The summed E-state index contributed by atoms with van der Waals surface area (Å²) in [4.78, 5) is 21.1. The second-order valence-electron chi connectivity index (χ2n) is 4.27. The summed E-state index contributed by atoms with van der Waals surface area (Å²) in [5.41, 5.74) is 1.71. The number of imidazole rings is 1. The monoisotopic (exact) mass is 275 g/mol. The topological polar surface area (TPSA) is 81.8 Å². The second-order valence-corrected chi connectivity index (χ2v) is 4.63. The number of nitrogens with zero attached hydrogens (tertiary/aromatic N) is 1. The number of H-pyrrole nitrogens is 2. The van der Waals surface area contributed by atoms with Gasteiger partial charge in [-0.2, -0.15) is 0 Å². The van der Waals surface area contributed by atoms with Crippen LogP contribution in [-0.4, -0.2) is 20.1 Å². The van der Waals surface area contributed by atoms with E-state index in [2.05, 4.69) is 15.0 Å². The van der Waals surface area contributed by atoms with Crippen molar-refractivity contribution in [2.24, 2.45) is 0 Å². The number of hydrogen-bond acceptors (Lipinski definition) is 3. The van der Waals surface area contributed by atoms with Gasteiger partial charge < -0.3 is 15.1 Å². The summed E-state index contributed by atoms with van der Waals surface area (Å²) >= 11 is 6.03. The highest BCUT2D eigenvalue weighted by atomic mass is 35.5. The van der Waals surface area contributed by atoms with E-state index >= 15 is 0 Å². The third-order valence-corrected chi connectivity index (χ3v) is 3.16. The number of aromatic nitrogens is 3. The molecule has 0 fully saturated rings. The number of rotatable bonds is 1. The number of aromatic hydroxyl groups is 1. The van der Waals surface area contributed by atoms with E-state index in [9.17, 15) is 9.90 Å². The van der Waals surface area contributed by atoms with Gasteiger partial charge in [0.1, 0.15) is 11.6 Å². The molecule has 1 aromatic carbocycles. The Balaban J connectivity index is 2.27. The Morgan fingerprint density at radius 3 is 2.74 bits per heavy atom. The zero-order chi connectivity index (χ0) is 13.6. The molecule has 0 aliphatic heterocycles. The van der Waals surface area contributed by atoms with Crippen molar-refractivity contribution in [1.29, 1.82) is 0 Å². The first kappa shape index (κ1) is 11.8. The fourth-order valence-electron chi connectivity index (χ4n) is 2.05. The third kappa shape index (κ3) is 1.98. The van der Waals surface area contributed by atoms with Gasteiger partial charge in [-0.15, -0.1) is 0 Å². The lowest BCUT2D eigenvalue weighted by molar-refractivity contribution is 0.480. The minimum absolute atomic E-state index is 0.0621. The number of nitrogens with one attached hydrogen (secondary N) is 2. The van der Waals surface area contributed by atoms with Crippen molar-refractivity contribution in [3.05, 3.63) is 45.6 Å². The van der Waals surface area contributed by atoms with Gasteiger partial charge in [0.25, 0.3) is 5.56 Å². The number of pyridine rings is 1. The fourth-order valence-corrected chi connectivity index (χ4v) is 2.33. The van der Waals surface area contributed by atoms with E-state index in [1.54, 1.807) is 18.2 Å². The molecule has 5 nitrogen and oxygen atoms in total. The molecule has 3 rings (SSSR count). The van der Waals surface area contributed by atoms with Crippen LogP contribution in [0.25, 0.3) is 22.2 Å². The van der Waals surface area contributed by atoms with Gasteiger partial charge >= 0.3 is 0 Å². The summed E-state index contributed by atoms with van der Waals surface area (Å²) in [7, 11) is 0. The Kier molecular flexibility index (Phi) is 2.57. The van der Waals surface area contributed by atoms with Crippen LogP contribution in [0.15, 0.2) is 29.1 Å². The van der Waals surface area contributed by atoms with Crippen LogP contribution in [0.1, 0.15) is 5.82 Å². The first-order chi connectivity index (χ1) is 9.04. The Morgan fingerprint density at radius 2 is 2.05 bits per heavy atom. The van der Waals surface area contributed by atoms with E-state index < -0.39 is 0 Å². The van der Waals surface area contributed by atoms with Crippen LogP contribution < -0.4 is 5.56 Å². The van der Waals surface area contributed by atoms with Crippen molar-refractivity contribution in [2.45, 2.75) is 6.92 Å². The average molecular weight is 276 g/mol. The van der Waals surface area contributed by atoms with Crippen molar-refractivity contribution in [2.75, 3.05) is 0 Å². The van der Waals surface area contributed by atoms with E-state index in [4.69, 9.17) is 11.6 Å². The molecule has 2 aromatic heterocycles.